The van der Waals surface area contributed by atoms with Crippen LogP contribution in [-0.4, -0.2) is 30.1 Å². The van der Waals surface area contributed by atoms with E-state index >= 15 is 0 Å². The van der Waals surface area contributed by atoms with E-state index in [1.807, 2.05) is 0 Å². The standard InChI is InChI=1S/C11H22N2O4/c12-8-9-13-17-11(16)7-5-3-1-2-4-6-10(14)15/h13H,1-9,12H2,(H,14,15). The van der Waals surface area contributed by atoms with Crippen molar-refractivity contribution < 1.29 is 19.5 Å². The second kappa shape index (κ2) is 11.3. The lowest BCUT2D eigenvalue weighted by atomic mass is 10.1. The molecule has 0 aliphatic heterocycles. The number of carboxylic acids is 1. The highest BCUT2D eigenvalue weighted by Gasteiger charge is 2.02. The number of aliphatic carboxylic acids is 1. The van der Waals surface area contributed by atoms with Crippen LogP contribution in [0.25, 0.3) is 0 Å². The van der Waals surface area contributed by atoms with Crippen LogP contribution < -0.4 is 11.2 Å². The molecule has 0 aliphatic carbocycles. The fourth-order valence-corrected chi connectivity index (χ4v) is 1.32. The van der Waals surface area contributed by atoms with Gasteiger partial charge in [0.1, 0.15) is 0 Å². The van der Waals surface area contributed by atoms with Gasteiger partial charge < -0.3 is 15.7 Å². The second-order valence-corrected chi connectivity index (χ2v) is 3.82. The number of nitrogens with two attached hydrogens (primary N) is 1. The molecular formula is C11H22N2O4. The van der Waals surface area contributed by atoms with Gasteiger partial charge in [-0.25, -0.2) is 0 Å². The van der Waals surface area contributed by atoms with Crippen molar-refractivity contribution in [2.24, 2.45) is 5.73 Å². The highest BCUT2D eigenvalue weighted by Crippen LogP contribution is 2.07. The summed E-state index contributed by atoms with van der Waals surface area (Å²) in [6, 6.07) is 0. The van der Waals surface area contributed by atoms with Gasteiger partial charge in [0.15, 0.2) is 0 Å². The van der Waals surface area contributed by atoms with E-state index in [4.69, 9.17) is 15.7 Å². The Balaban J connectivity index is 3.16. The van der Waals surface area contributed by atoms with Crippen molar-refractivity contribution in [3.8, 4) is 0 Å². The monoisotopic (exact) mass is 246 g/mol. The molecule has 0 atom stereocenters. The van der Waals surface area contributed by atoms with Crippen molar-refractivity contribution in [2.75, 3.05) is 13.1 Å². The van der Waals surface area contributed by atoms with Crippen LogP contribution in [0.2, 0.25) is 0 Å². The normalized spacial score (nSPS) is 10.2. The molecule has 0 fully saturated rings. The minimum Gasteiger partial charge on any atom is -0.481 e. The minimum absolute atomic E-state index is 0.227. The van der Waals surface area contributed by atoms with Crippen molar-refractivity contribution in [2.45, 2.75) is 44.9 Å². The zero-order valence-corrected chi connectivity index (χ0v) is 10.1. The van der Waals surface area contributed by atoms with Crippen LogP contribution in [0, 0.1) is 0 Å². The topological polar surface area (TPSA) is 102 Å². The number of nitrogens with one attached hydrogen (secondary N) is 1. The Morgan fingerprint density at radius 3 is 2.24 bits per heavy atom. The van der Waals surface area contributed by atoms with Crippen molar-refractivity contribution in [1.29, 1.82) is 0 Å². The Hall–Kier alpha value is -1.14. The van der Waals surface area contributed by atoms with Crippen LogP contribution >= 0.6 is 0 Å². The molecule has 6 nitrogen and oxygen atoms in total. The van der Waals surface area contributed by atoms with Crippen LogP contribution in [0.5, 0.6) is 0 Å². The number of unbranched alkanes of at least 4 members (excludes halogenated alkanes) is 4. The molecular weight excluding hydrogens is 224 g/mol. The van der Waals surface area contributed by atoms with E-state index in [-0.39, 0.29) is 12.4 Å². The lowest BCUT2D eigenvalue weighted by molar-refractivity contribution is -0.151. The third-order valence-corrected chi connectivity index (χ3v) is 2.20. The van der Waals surface area contributed by atoms with Gasteiger partial charge in [0, 0.05) is 25.9 Å². The third-order valence-electron chi connectivity index (χ3n) is 2.20. The molecule has 0 aromatic rings. The highest BCUT2D eigenvalue weighted by atomic mass is 16.7. The third kappa shape index (κ3) is 12.8. The van der Waals surface area contributed by atoms with Crippen LogP contribution in [0.1, 0.15) is 44.9 Å². The van der Waals surface area contributed by atoms with Gasteiger partial charge in [0.25, 0.3) is 0 Å². The lowest BCUT2D eigenvalue weighted by Gasteiger charge is -2.04. The Morgan fingerprint density at radius 2 is 1.65 bits per heavy atom. The number of hydrogen-bond acceptors (Lipinski definition) is 5. The maximum atomic E-state index is 11.1. The van der Waals surface area contributed by atoms with Gasteiger partial charge in [-0.15, -0.1) is 0 Å². The predicted octanol–water partition coefficient (Wildman–Crippen LogP) is 0.808. The molecule has 0 amide bonds. The summed E-state index contributed by atoms with van der Waals surface area (Å²) in [6.07, 6.45) is 4.87. The van der Waals surface area contributed by atoms with Gasteiger partial charge in [-0.1, -0.05) is 19.3 Å². The largest absolute Gasteiger partial charge is 0.481 e. The summed E-state index contributed by atoms with van der Waals surface area (Å²) < 4.78 is 0. The zero-order valence-electron chi connectivity index (χ0n) is 10.1. The average Bonchev–Trinajstić information content (AvgIpc) is 2.28. The number of carbonyl (C=O) groups is 2. The van der Waals surface area contributed by atoms with Crippen LogP contribution in [0.15, 0.2) is 0 Å². The molecule has 0 radical (unpaired) electrons. The minimum atomic E-state index is -0.750. The SMILES string of the molecule is NCCNOC(=O)CCCCCCCC(=O)O. The molecule has 0 saturated carbocycles. The average molecular weight is 246 g/mol. The first kappa shape index (κ1) is 15.9. The van der Waals surface area contributed by atoms with Crippen molar-refractivity contribution in [3.63, 3.8) is 0 Å². The predicted molar refractivity (Wildman–Crippen MR) is 63.1 cm³/mol. The van der Waals surface area contributed by atoms with Gasteiger partial charge >= 0.3 is 11.9 Å². The van der Waals surface area contributed by atoms with E-state index in [0.29, 0.717) is 25.9 Å². The van der Waals surface area contributed by atoms with E-state index in [1.54, 1.807) is 0 Å². The number of hydrogen-bond donors (Lipinski definition) is 3. The maximum absolute atomic E-state index is 11.1. The number of rotatable bonds is 11. The van der Waals surface area contributed by atoms with Gasteiger partial charge in [-0.05, 0) is 12.8 Å². The molecule has 17 heavy (non-hydrogen) atoms. The molecule has 0 saturated heterocycles. The molecule has 0 rings (SSSR count). The summed E-state index contributed by atoms with van der Waals surface area (Å²) in [5.41, 5.74) is 7.68. The summed E-state index contributed by atoms with van der Waals surface area (Å²) >= 11 is 0. The van der Waals surface area contributed by atoms with E-state index < -0.39 is 5.97 Å². The van der Waals surface area contributed by atoms with Crippen molar-refractivity contribution in [1.82, 2.24) is 5.48 Å². The molecule has 0 bridgehead atoms. The molecule has 0 aromatic carbocycles. The zero-order chi connectivity index (χ0) is 12.9. The van der Waals surface area contributed by atoms with E-state index in [1.165, 1.54) is 0 Å². The second-order valence-electron chi connectivity index (χ2n) is 3.82. The fraction of sp³-hybridized carbons (Fsp3) is 0.818. The molecule has 100 valence electrons. The Bertz CT molecular complexity index is 222. The number of hydroxylamine groups is 1. The van der Waals surface area contributed by atoms with Gasteiger partial charge in [-0.2, -0.15) is 5.48 Å². The summed E-state index contributed by atoms with van der Waals surface area (Å²) in [4.78, 5) is 26.0. The van der Waals surface area contributed by atoms with E-state index in [9.17, 15) is 9.59 Å². The Labute approximate surface area is 101 Å². The summed E-state index contributed by atoms with van der Waals surface area (Å²) in [5, 5.41) is 8.41. The molecule has 0 aliphatic rings. The van der Waals surface area contributed by atoms with Crippen molar-refractivity contribution in [3.05, 3.63) is 0 Å². The van der Waals surface area contributed by atoms with E-state index in [0.717, 1.165) is 25.7 Å². The highest BCUT2D eigenvalue weighted by molar-refractivity contribution is 5.68. The van der Waals surface area contributed by atoms with Gasteiger partial charge in [0.2, 0.25) is 0 Å². The molecule has 6 heteroatoms. The molecule has 0 spiro atoms. The summed E-state index contributed by atoms with van der Waals surface area (Å²) in [7, 11) is 0. The molecule has 4 N–H and O–H groups in total. The first-order valence-electron chi connectivity index (χ1n) is 6.01. The van der Waals surface area contributed by atoms with Crippen molar-refractivity contribution >= 4 is 11.9 Å². The van der Waals surface area contributed by atoms with Crippen LogP contribution in [0.4, 0.5) is 0 Å². The number of carbonyl (C=O) groups excluding carboxylic acids is 1. The number of carboxylic acid groups (broad SMARTS) is 1. The Kier molecular flexibility index (Phi) is 10.6. The molecule has 0 aromatic heterocycles. The first-order chi connectivity index (χ1) is 8.16. The summed E-state index contributed by atoms with van der Waals surface area (Å²) in [5.74, 6) is -1.02. The molecule has 0 unspecified atom stereocenters. The smallest absolute Gasteiger partial charge is 0.324 e. The van der Waals surface area contributed by atoms with Crippen LogP contribution in [0.3, 0.4) is 0 Å². The fourth-order valence-electron chi connectivity index (χ4n) is 1.32. The maximum Gasteiger partial charge on any atom is 0.324 e. The van der Waals surface area contributed by atoms with Crippen LogP contribution in [-0.2, 0) is 14.4 Å². The Morgan fingerprint density at radius 1 is 1.06 bits per heavy atom. The first-order valence-corrected chi connectivity index (χ1v) is 6.01. The molecule has 0 heterocycles. The van der Waals surface area contributed by atoms with E-state index in [2.05, 4.69) is 5.48 Å². The lowest BCUT2D eigenvalue weighted by Crippen LogP contribution is -2.25. The summed E-state index contributed by atoms with van der Waals surface area (Å²) in [6.45, 7) is 0.887. The van der Waals surface area contributed by atoms with Gasteiger partial charge in [0.05, 0.1) is 0 Å². The van der Waals surface area contributed by atoms with Gasteiger partial charge in [-0.3, -0.25) is 9.59 Å². The quantitative estimate of drug-likeness (QED) is 0.368.